The van der Waals surface area contributed by atoms with Crippen LogP contribution in [-0.2, 0) is 0 Å². The Bertz CT molecular complexity index is 106. The van der Waals surface area contributed by atoms with Crippen LogP contribution in [0.5, 0.6) is 0 Å². The van der Waals surface area contributed by atoms with Gasteiger partial charge in [-0.3, -0.25) is 0 Å². The van der Waals surface area contributed by atoms with Crippen LogP contribution in [-0.4, -0.2) is 30.6 Å². The topological polar surface area (TPSA) is 29.3 Å². The van der Waals surface area contributed by atoms with E-state index in [-0.39, 0.29) is 0 Å². The molecule has 1 aliphatic heterocycles. The van der Waals surface area contributed by atoms with E-state index in [1.807, 2.05) is 0 Å². The van der Waals surface area contributed by atoms with E-state index < -0.39 is 0 Å². The van der Waals surface area contributed by atoms with Gasteiger partial charge >= 0.3 is 0 Å². The molecule has 2 heteroatoms. The number of nitrogens with zero attached hydrogens (tertiary/aromatic N) is 1. The Morgan fingerprint density at radius 3 is 2.25 bits per heavy atom. The molecule has 0 aromatic carbocycles. The van der Waals surface area contributed by atoms with Gasteiger partial charge in [0.15, 0.2) is 0 Å². The number of hydrogen-bond acceptors (Lipinski definition) is 2. The van der Waals surface area contributed by atoms with Crippen molar-refractivity contribution in [1.29, 1.82) is 0 Å². The minimum atomic E-state index is 0.392. The molecule has 0 amide bonds. The summed E-state index contributed by atoms with van der Waals surface area (Å²) in [5.74, 6) is 0. The van der Waals surface area contributed by atoms with Crippen LogP contribution < -0.4 is 5.73 Å². The molecule has 2 nitrogen and oxygen atoms in total. The van der Waals surface area contributed by atoms with Crippen molar-refractivity contribution in [2.45, 2.75) is 45.1 Å². The Hall–Kier alpha value is -0.0800. The molecular formula is C10H22N2. The fourth-order valence-electron chi connectivity index (χ4n) is 1.78. The van der Waals surface area contributed by atoms with Gasteiger partial charge in [0.1, 0.15) is 0 Å². The molecule has 0 spiro atoms. The lowest BCUT2D eigenvalue weighted by Crippen LogP contribution is -2.37. The average Bonchev–Trinajstić information content (AvgIpc) is 2.33. The zero-order valence-electron chi connectivity index (χ0n) is 8.26. The van der Waals surface area contributed by atoms with E-state index in [1.165, 1.54) is 38.8 Å². The van der Waals surface area contributed by atoms with Crippen LogP contribution in [0.2, 0.25) is 0 Å². The molecule has 1 aliphatic rings. The van der Waals surface area contributed by atoms with Crippen LogP contribution in [0.15, 0.2) is 0 Å². The lowest BCUT2D eigenvalue weighted by molar-refractivity contribution is 0.264. The van der Waals surface area contributed by atoms with Gasteiger partial charge in [-0.1, -0.05) is 19.8 Å². The molecule has 1 heterocycles. The quantitative estimate of drug-likeness (QED) is 0.697. The first-order valence-electron chi connectivity index (χ1n) is 5.31. The highest BCUT2D eigenvalue weighted by Crippen LogP contribution is 2.09. The van der Waals surface area contributed by atoms with Gasteiger partial charge in [0.25, 0.3) is 0 Å². The first-order chi connectivity index (χ1) is 5.83. The summed E-state index contributed by atoms with van der Waals surface area (Å²) in [6.07, 6.45) is 6.68. The molecule has 72 valence electrons. The molecule has 0 bridgehead atoms. The summed E-state index contributed by atoms with van der Waals surface area (Å²) in [4.78, 5) is 2.53. The Labute approximate surface area is 76.1 Å². The van der Waals surface area contributed by atoms with E-state index in [1.54, 1.807) is 0 Å². The van der Waals surface area contributed by atoms with Crippen LogP contribution in [0.25, 0.3) is 0 Å². The van der Waals surface area contributed by atoms with Gasteiger partial charge in [0.2, 0.25) is 0 Å². The lowest BCUT2D eigenvalue weighted by atomic mass is 10.2. The van der Waals surface area contributed by atoms with Gasteiger partial charge in [-0.25, -0.2) is 0 Å². The molecule has 1 fully saturated rings. The van der Waals surface area contributed by atoms with Crippen LogP contribution in [0, 0.1) is 0 Å². The molecule has 1 atom stereocenters. The molecule has 0 aliphatic carbocycles. The third-order valence-electron chi connectivity index (χ3n) is 2.72. The normalized spacial score (nSPS) is 23.5. The van der Waals surface area contributed by atoms with Gasteiger partial charge in [-0.05, 0) is 32.4 Å². The third-order valence-corrected chi connectivity index (χ3v) is 2.72. The second-order valence-corrected chi connectivity index (χ2v) is 3.88. The zero-order valence-corrected chi connectivity index (χ0v) is 8.26. The van der Waals surface area contributed by atoms with Gasteiger partial charge in [-0.2, -0.15) is 0 Å². The highest BCUT2D eigenvalue weighted by molar-refractivity contribution is 4.69. The summed E-state index contributed by atoms with van der Waals surface area (Å²) >= 11 is 0. The maximum Gasteiger partial charge on any atom is 0.0165 e. The Kier molecular flexibility index (Phi) is 4.62. The largest absolute Gasteiger partial charge is 0.327 e. The fourth-order valence-corrected chi connectivity index (χ4v) is 1.78. The number of hydrogen-bond donors (Lipinski definition) is 1. The van der Waals surface area contributed by atoms with E-state index in [0.717, 1.165) is 13.0 Å². The second kappa shape index (κ2) is 5.55. The first-order valence-corrected chi connectivity index (χ1v) is 5.31. The molecule has 12 heavy (non-hydrogen) atoms. The van der Waals surface area contributed by atoms with E-state index >= 15 is 0 Å². The molecule has 2 N–H and O–H groups in total. The number of rotatable bonds is 3. The van der Waals surface area contributed by atoms with E-state index in [9.17, 15) is 0 Å². The zero-order chi connectivity index (χ0) is 8.81. The SMILES string of the molecule is CC[C@@H](N)CN1CCCCCC1. The van der Waals surface area contributed by atoms with Crippen molar-refractivity contribution in [1.82, 2.24) is 4.90 Å². The summed E-state index contributed by atoms with van der Waals surface area (Å²) in [7, 11) is 0. The van der Waals surface area contributed by atoms with Crippen LogP contribution in [0.3, 0.4) is 0 Å². The molecule has 0 radical (unpaired) electrons. The van der Waals surface area contributed by atoms with Gasteiger partial charge in [0, 0.05) is 12.6 Å². The van der Waals surface area contributed by atoms with Gasteiger partial charge in [0.05, 0.1) is 0 Å². The molecular weight excluding hydrogens is 148 g/mol. The summed E-state index contributed by atoms with van der Waals surface area (Å²) < 4.78 is 0. The monoisotopic (exact) mass is 170 g/mol. The van der Waals surface area contributed by atoms with Gasteiger partial charge in [-0.15, -0.1) is 0 Å². The number of nitrogens with two attached hydrogens (primary N) is 1. The molecule has 0 aromatic rings. The van der Waals surface area contributed by atoms with Crippen molar-refractivity contribution in [2.24, 2.45) is 5.73 Å². The fraction of sp³-hybridized carbons (Fsp3) is 1.00. The minimum absolute atomic E-state index is 0.392. The maximum absolute atomic E-state index is 5.91. The Balaban J connectivity index is 2.20. The molecule has 0 saturated carbocycles. The maximum atomic E-state index is 5.91. The lowest BCUT2D eigenvalue weighted by Gasteiger charge is -2.22. The highest BCUT2D eigenvalue weighted by atomic mass is 15.1. The van der Waals surface area contributed by atoms with E-state index in [0.29, 0.717) is 6.04 Å². The summed E-state index contributed by atoms with van der Waals surface area (Å²) in [5, 5.41) is 0. The second-order valence-electron chi connectivity index (χ2n) is 3.88. The minimum Gasteiger partial charge on any atom is -0.327 e. The average molecular weight is 170 g/mol. The predicted octanol–water partition coefficient (Wildman–Crippen LogP) is 1.60. The van der Waals surface area contributed by atoms with Crippen LogP contribution >= 0.6 is 0 Å². The summed E-state index contributed by atoms with van der Waals surface area (Å²) in [5.41, 5.74) is 5.91. The molecule has 0 unspecified atom stereocenters. The van der Waals surface area contributed by atoms with Crippen molar-refractivity contribution in [3.63, 3.8) is 0 Å². The predicted molar refractivity (Wildman–Crippen MR) is 53.2 cm³/mol. The Morgan fingerprint density at radius 1 is 1.17 bits per heavy atom. The van der Waals surface area contributed by atoms with E-state index in [4.69, 9.17) is 5.73 Å². The number of likely N-dealkylation sites (tertiary alicyclic amines) is 1. The van der Waals surface area contributed by atoms with Crippen molar-refractivity contribution < 1.29 is 0 Å². The van der Waals surface area contributed by atoms with Crippen molar-refractivity contribution >= 4 is 0 Å². The molecule has 1 rings (SSSR count). The van der Waals surface area contributed by atoms with Crippen LogP contribution in [0.4, 0.5) is 0 Å². The Morgan fingerprint density at radius 2 is 1.75 bits per heavy atom. The van der Waals surface area contributed by atoms with Crippen molar-refractivity contribution in [3.05, 3.63) is 0 Å². The molecule has 1 saturated heterocycles. The van der Waals surface area contributed by atoms with Crippen LogP contribution in [0.1, 0.15) is 39.0 Å². The van der Waals surface area contributed by atoms with Crippen molar-refractivity contribution in [3.8, 4) is 0 Å². The van der Waals surface area contributed by atoms with Gasteiger partial charge < -0.3 is 10.6 Å². The smallest absolute Gasteiger partial charge is 0.0165 e. The third kappa shape index (κ3) is 3.55. The summed E-state index contributed by atoms with van der Waals surface area (Å²) in [6, 6.07) is 0.392. The van der Waals surface area contributed by atoms with Crippen molar-refractivity contribution in [2.75, 3.05) is 19.6 Å². The summed E-state index contributed by atoms with van der Waals surface area (Å²) in [6.45, 7) is 5.82. The standard InChI is InChI=1S/C10H22N2/c1-2-10(11)9-12-7-5-3-4-6-8-12/h10H,2-9,11H2,1H3/t10-/m1/s1. The van der Waals surface area contributed by atoms with E-state index in [2.05, 4.69) is 11.8 Å². The first kappa shape index (κ1) is 10.0. The highest BCUT2D eigenvalue weighted by Gasteiger charge is 2.10. The molecule has 0 aromatic heterocycles.